The van der Waals surface area contributed by atoms with Crippen molar-refractivity contribution in [3.8, 4) is 11.4 Å². The Morgan fingerprint density at radius 3 is 2.85 bits per heavy atom. The van der Waals surface area contributed by atoms with Crippen molar-refractivity contribution < 1.29 is 0 Å². The molecule has 5 nitrogen and oxygen atoms in total. The Balaban J connectivity index is 1.68. The predicted molar refractivity (Wildman–Crippen MR) is 83.3 cm³/mol. The first-order valence-electron chi connectivity index (χ1n) is 7.13. The van der Waals surface area contributed by atoms with Crippen LogP contribution in [0.3, 0.4) is 0 Å². The zero-order valence-corrected chi connectivity index (χ0v) is 12.8. The van der Waals surface area contributed by atoms with Gasteiger partial charge >= 0.3 is 0 Å². The summed E-state index contributed by atoms with van der Waals surface area (Å²) in [5, 5.41) is 15.0. The van der Waals surface area contributed by atoms with Gasteiger partial charge in [-0.2, -0.15) is 16.3 Å². The van der Waals surface area contributed by atoms with Crippen LogP contribution in [0, 0.1) is 12.8 Å². The maximum absolute atomic E-state index is 4.66. The topological polar surface area (TPSA) is 56.8 Å². The largest absolute Gasteiger partial charge is 0.340 e. The number of nitrogens with zero attached hydrogens (tertiary/aromatic N) is 3. The smallest absolute Gasteiger partial charge is 0.245 e. The number of aromatic nitrogens is 3. The van der Waals surface area contributed by atoms with Crippen LogP contribution in [-0.4, -0.2) is 41.9 Å². The molecule has 0 aliphatic carbocycles. The molecule has 0 spiro atoms. The zero-order valence-electron chi connectivity index (χ0n) is 12.0. The SMILES string of the molecule is CNCC1CCN(c2n[nH]c(-c3cscc3C)n2)CC1. The Kier molecular flexibility index (Phi) is 4.03. The summed E-state index contributed by atoms with van der Waals surface area (Å²) >= 11 is 1.70. The fourth-order valence-corrected chi connectivity index (χ4v) is 3.58. The van der Waals surface area contributed by atoms with E-state index in [1.807, 2.05) is 7.05 Å². The van der Waals surface area contributed by atoms with Crippen LogP contribution in [0.15, 0.2) is 10.8 Å². The molecule has 0 amide bonds. The Morgan fingerprint density at radius 2 is 2.20 bits per heavy atom. The highest BCUT2D eigenvalue weighted by molar-refractivity contribution is 7.08. The van der Waals surface area contributed by atoms with E-state index in [9.17, 15) is 0 Å². The fraction of sp³-hybridized carbons (Fsp3) is 0.571. The third kappa shape index (κ3) is 2.71. The van der Waals surface area contributed by atoms with Gasteiger partial charge in [0.05, 0.1) is 0 Å². The van der Waals surface area contributed by atoms with Crippen molar-refractivity contribution in [2.45, 2.75) is 19.8 Å². The standard InChI is InChI=1S/C14H21N5S/c1-10-8-20-9-12(10)13-16-14(18-17-13)19-5-3-11(4-6-19)7-15-2/h8-9,11,15H,3-7H2,1-2H3,(H,16,17,18). The van der Waals surface area contributed by atoms with Crippen LogP contribution >= 0.6 is 11.3 Å². The molecule has 0 saturated carbocycles. The summed E-state index contributed by atoms with van der Waals surface area (Å²) in [6, 6.07) is 0. The van der Waals surface area contributed by atoms with Crippen LogP contribution in [0.25, 0.3) is 11.4 Å². The summed E-state index contributed by atoms with van der Waals surface area (Å²) in [6.07, 6.45) is 2.42. The molecular weight excluding hydrogens is 270 g/mol. The molecule has 2 N–H and O–H groups in total. The van der Waals surface area contributed by atoms with Gasteiger partial charge in [0.25, 0.3) is 0 Å². The van der Waals surface area contributed by atoms with Gasteiger partial charge in [0.1, 0.15) is 0 Å². The first-order chi connectivity index (χ1) is 9.78. The van der Waals surface area contributed by atoms with Gasteiger partial charge in [-0.1, -0.05) is 0 Å². The molecule has 6 heteroatoms. The molecule has 1 saturated heterocycles. The number of hydrogen-bond acceptors (Lipinski definition) is 5. The molecular formula is C14H21N5S. The number of anilines is 1. The zero-order chi connectivity index (χ0) is 13.9. The van der Waals surface area contributed by atoms with Crippen LogP contribution in [0.4, 0.5) is 5.95 Å². The van der Waals surface area contributed by atoms with E-state index in [2.05, 4.69) is 43.1 Å². The minimum absolute atomic E-state index is 0.786. The summed E-state index contributed by atoms with van der Waals surface area (Å²) in [4.78, 5) is 6.94. The predicted octanol–water partition coefficient (Wildman–Crippen LogP) is 2.28. The van der Waals surface area contributed by atoms with Gasteiger partial charge in [-0.05, 0) is 50.2 Å². The van der Waals surface area contributed by atoms with Gasteiger partial charge in [-0.25, -0.2) is 0 Å². The molecule has 2 aromatic rings. The lowest BCUT2D eigenvalue weighted by molar-refractivity contribution is 0.391. The number of piperidine rings is 1. The highest BCUT2D eigenvalue weighted by atomic mass is 32.1. The molecule has 0 bridgehead atoms. The third-order valence-corrected chi connectivity index (χ3v) is 4.84. The minimum Gasteiger partial charge on any atom is -0.340 e. The average Bonchev–Trinajstić information content (AvgIpc) is 3.08. The quantitative estimate of drug-likeness (QED) is 0.907. The van der Waals surface area contributed by atoms with Crippen LogP contribution in [0.1, 0.15) is 18.4 Å². The van der Waals surface area contributed by atoms with Crippen molar-refractivity contribution in [1.29, 1.82) is 0 Å². The van der Waals surface area contributed by atoms with E-state index >= 15 is 0 Å². The van der Waals surface area contributed by atoms with Crippen molar-refractivity contribution in [2.75, 3.05) is 31.6 Å². The molecule has 108 valence electrons. The van der Waals surface area contributed by atoms with Crippen LogP contribution < -0.4 is 10.2 Å². The third-order valence-electron chi connectivity index (χ3n) is 3.97. The summed E-state index contributed by atoms with van der Waals surface area (Å²) in [5.41, 5.74) is 2.42. The number of thiophene rings is 1. The number of rotatable bonds is 4. The number of H-pyrrole nitrogens is 1. The fourth-order valence-electron chi connectivity index (χ4n) is 2.74. The Morgan fingerprint density at radius 1 is 1.40 bits per heavy atom. The minimum atomic E-state index is 0.786. The maximum Gasteiger partial charge on any atom is 0.245 e. The second kappa shape index (κ2) is 5.93. The number of nitrogens with one attached hydrogen (secondary N) is 2. The summed E-state index contributed by atoms with van der Waals surface area (Å²) in [7, 11) is 2.02. The van der Waals surface area contributed by atoms with Gasteiger partial charge in [0.15, 0.2) is 5.82 Å². The lowest BCUT2D eigenvalue weighted by Crippen LogP contribution is -2.37. The van der Waals surface area contributed by atoms with E-state index in [1.54, 1.807) is 11.3 Å². The molecule has 1 aliphatic rings. The van der Waals surface area contributed by atoms with E-state index in [0.717, 1.165) is 37.3 Å². The average molecular weight is 291 g/mol. The Labute approximate surface area is 123 Å². The normalized spacial score (nSPS) is 16.8. The lowest BCUT2D eigenvalue weighted by atomic mass is 9.97. The monoisotopic (exact) mass is 291 g/mol. The molecule has 1 fully saturated rings. The summed E-state index contributed by atoms with van der Waals surface area (Å²) in [5.74, 6) is 2.51. The summed E-state index contributed by atoms with van der Waals surface area (Å²) in [6.45, 7) is 5.32. The van der Waals surface area contributed by atoms with Crippen molar-refractivity contribution in [1.82, 2.24) is 20.5 Å². The van der Waals surface area contributed by atoms with Gasteiger partial charge in [0, 0.05) is 24.0 Å². The molecule has 1 aliphatic heterocycles. The van der Waals surface area contributed by atoms with E-state index in [4.69, 9.17) is 0 Å². The molecule has 3 heterocycles. The van der Waals surface area contributed by atoms with Crippen molar-refractivity contribution >= 4 is 17.3 Å². The van der Waals surface area contributed by atoms with Crippen LogP contribution in [-0.2, 0) is 0 Å². The van der Waals surface area contributed by atoms with Gasteiger partial charge in [-0.15, -0.1) is 5.10 Å². The van der Waals surface area contributed by atoms with E-state index in [1.165, 1.54) is 24.0 Å². The van der Waals surface area contributed by atoms with E-state index < -0.39 is 0 Å². The molecule has 20 heavy (non-hydrogen) atoms. The lowest BCUT2D eigenvalue weighted by Gasteiger charge is -2.30. The number of aryl methyl sites for hydroxylation is 1. The van der Waals surface area contributed by atoms with Crippen molar-refractivity contribution in [2.24, 2.45) is 5.92 Å². The Bertz CT molecular complexity index is 553. The van der Waals surface area contributed by atoms with Gasteiger partial charge in [0.2, 0.25) is 5.95 Å². The highest BCUT2D eigenvalue weighted by Gasteiger charge is 2.21. The number of aromatic amines is 1. The molecule has 2 aromatic heterocycles. The maximum atomic E-state index is 4.66. The second-order valence-electron chi connectivity index (χ2n) is 5.44. The molecule has 0 unspecified atom stereocenters. The molecule has 0 atom stereocenters. The van der Waals surface area contributed by atoms with Crippen molar-refractivity contribution in [3.63, 3.8) is 0 Å². The highest BCUT2D eigenvalue weighted by Crippen LogP contribution is 2.26. The van der Waals surface area contributed by atoms with Gasteiger partial charge < -0.3 is 10.2 Å². The first-order valence-corrected chi connectivity index (χ1v) is 8.07. The van der Waals surface area contributed by atoms with Crippen LogP contribution in [0.2, 0.25) is 0 Å². The van der Waals surface area contributed by atoms with E-state index in [0.29, 0.717) is 0 Å². The molecule has 0 radical (unpaired) electrons. The second-order valence-corrected chi connectivity index (χ2v) is 6.18. The van der Waals surface area contributed by atoms with Gasteiger partial charge in [-0.3, -0.25) is 5.10 Å². The van der Waals surface area contributed by atoms with Crippen molar-refractivity contribution in [3.05, 3.63) is 16.3 Å². The van der Waals surface area contributed by atoms with E-state index in [-0.39, 0.29) is 0 Å². The van der Waals surface area contributed by atoms with Crippen LogP contribution in [0.5, 0.6) is 0 Å². The summed E-state index contributed by atoms with van der Waals surface area (Å²) < 4.78 is 0. The Hall–Kier alpha value is -1.40. The number of hydrogen-bond donors (Lipinski definition) is 2. The first kappa shape index (κ1) is 13.6. The molecule has 3 rings (SSSR count). The molecule has 0 aromatic carbocycles.